The van der Waals surface area contributed by atoms with Gasteiger partial charge in [0.2, 0.25) is 0 Å². The fourth-order valence-electron chi connectivity index (χ4n) is 1.61. The smallest absolute Gasteiger partial charge is 0.327 e. The van der Waals surface area contributed by atoms with Crippen LogP contribution in [0, 0.1) is 5.92 Å². The van der Waals surface area contributed by atoms with E-state index in [4.69, 9.17) is 10.5 Å². The van der Waals surface area contributed by atoms with E-state index in [1.807, 2.05) is 7.05 Å². The molecule has 0 heterocycles. The number of carbonyl (C=O) groups excluding carboxylic acids is 1. The third-order valence-corrected chi connectivity index (χ3v) is 2.02. The highest BCUT2D eigenvalue weighted by Gasteiger charge is 2.31. The summed E-state index contributed by atoms with van der Waals surface area (Å²) < 4.78 is 4.92. The minimum atomic E-state index is -0.917. The van der Waals surface area contributed by atoms with Crippen LogP contribution in [0.2, 0.25) is 0 Å². The van der Waals surface area contributed by atoms with E-state index in [1.54, 1.807) is 13.8 Å². The maximum atomic E-state index is 11.5. The van der Waals surface area contributed by atoms with Gasteiger partial charge in [-0.2, -0.15) is 0 Å². The summed E-state index contributed by atoms with van der Waals surface area (Å²) in [5, 5.41) is 0. The number of ether oxygens (including phenoxy) is 1. The molecule has 90 valence electrons. The minimum absolute atomic E-state index is 0.333. The second kappa shape index (κ2) is 6.08. The maximum absolute atomic E-state index is 11.5. The molecule has 0 aromatic rings. The van der Waals surface area contributed by atoms with Gasteiger partial charge in [-0.25, -0.2) is 0 Å². The normalized spacial score (nSPS) is 15.5. The van der Waals surface area contributed by atoms with Gasteiger partial charge in [0.25, 0.3) is 0 Å². The molecule has 0 aromatic heterocycles. The predicted octanol–water partition coefficient (Wildman–Crippen LogP) is 0.855. The molecule has 1 atom stereocenters. The van der Waals surface area contributed by atoms with Crippen LogP contribution >= 0.6 is 0 Å². The molecule has 0 rings (SSSR count). The Morgan fingerprint density at radius 1 is 1.53 bits per heavy atom. The van der Waals surface area contributed by atoms with Gasteiger partial charge >= 0.3 is 5.97 Å². The number of hydrogen-bond donors (Lipinski definition) is 1. The summed E-state index contributed by atoms with van der Waals surface area (Å²) in [4.78, 5) is 13.6. The molecule has 0 aromatic carbocycles. The van der Waals surface area contributed by atoms with Crippen molar-refractivity contribution >= 4 is 5.97 Å². The molecule has 0 spiro atoms. The summed E-state index contributed by atoms with van der Waals surface area (Å²) in [7, 11) is 1.96. The highest BCUT2D eigenvalue weighted by atomic mass is 16.5. The van der Waals surface area contributed by atoms with Crippen molar-refractivity contribution in [3.8, 4) is 0 Å². The molecule has 0 radical (unpaired) electrons. The van der Waals surface area contributed by atoms with Crippen LogP contribution in [0.5, 0.6) is 0 Å². The van der Waals surface area contributed by atoms with Crippen LogP contribution in [-0.4, -0.2) is 43.2 Å². The van der Waals surface area contributed by atoms with Crippen molar-refractivity contribution in [1.29, 1.82) is 0 Å². The van der Waals surface area contributed by atoms with Crippen LogP contribution in [0.25, 0.3) is 0 Å². The molecule has 4 nitrogen and oxygen atoms in total. The Kier molecular flexibility index (Phi) is 5.83. The lowest BCUT2D eigenvalue weighted by atomic mass is 10.0. The van der Waals surface area contributed by atoms with E-state index in [9.17, 15) is 4.79 Å². The third-order valence-electron chi connectivity index (χ3n) is 2.02. The van der Waals surface area contributed by atoms with Crippen LogP contribution in [0.15, 0.2) is 0 Å². The molecular weight excluding hydrogens is 192 g/mol. The summed E-state index contributed by atoms with van der Waals surface area (Å²) >= 11 is 0. The van der Waals surface area contributed by atoms with Gasteiger partial charge in [0.05, 0.1) is 6.61 Å². The first kappa shape index (κ1) is 14.4. The second-order valence-electron chi connectivity index (χ2n) is 4.73. The number of esters is 1. The molecule has 0 bridgehead atoms. The van der Waals surface area contributed by atoms with Gasteiger partial charge in [-0.1, -0.05) is 13.8 Å². The van der Waals surface area contributed by atoms with E-state index >= 15 is 0 Å². The lowest BCUT2D eigenvalue weighted by Gasteiger charge is -2.29. The van der Waals surface area contributed by atoms with Crippen molar-refractivity contribution in [3.05, 3.63) is 0 Å². The number of likely N-dealkylation sites (N-methyl/N-ethyl adjacent to an activating group) is 1. The fraction of sp³-hybridized carbons (Fsp3) is 0.909. The monoisotopic (exact) mass is 216 g/mol. The number of hydrogen-bond acceptors (Lipinski definition) is 4. The Morgan fingerprint density at radius 3 is 2.47 bits per heavy atom. The molecule has 0 saturated heterocycles. The van der Waals surface area contributed by atoms with Gasteiger partial charge in [0, 0.05) is 13.1 Å². The van der Waals surface area contributed by atoms with Crippen molar-refractivity contribution in [1.82, 2.24) is 4.90 Å². The lowest BCUT2D eigenvalue weighted by Crippen LogP contribution is -2.54. The summed E-state index contributed by atoms with van der Waals surface area (Å²) in [5.41, 5.74) is 4.99. The van der Waals surface area contributed by atoms with Crippen molar-refractivity contribution in [2.24, 2.45) is 11.7 Å². The van der Waals surface area contributed by atoms with Gasteiger partial charge in [-0.15, -0.1) is 0 Å². The molecule has 0 aliphatic heterocycles. The quantitative estimate of drug-likeness (QED) is 0.669. The van der Waals surface area contributed by atoms with Crippen molar-refractivity contribution in [2.45, 2.75) is 33.2 Å². The van der Waals surface area contributed by atoms with E-state index in [2.05, 4.69) is 18.7 Å². The molecule has 0 aliphatic rings. The van der Waals surface area contributed by atoms with E-state index in [0.29, 0.717) is 19.1 Å². The molecule has 15 heavy (non-hydrogen) atoms. The van der Waals surface area contributed by atoms with Gasteiger partial charge in [0.1, 0.15) is 5.54 Å². The Bertz CT molecular complexity index is 203. The summed E-state index contributed by atoms with van der Waals surface area (Å²) in [6, 6.07) is 0. The Labute approximate surface area is 92.8 Å². The Balaban J connectivity index is 4.17. The lowest BCUT2D eigenvalue weighted by molar-refractivity contribution is -0.149. The summed E-state index contributed by atoms with van der Waals surface area (Å²) in [5.74, 6) is 0.230. The van der Waals surface area contributed by atoms with Gasteiger partial charge in [0.15, 0.2) is 0 Å². The molecule has 2 N–H and O–H groups in total. The molecular formula is C11H24N2O2. The summed E-state index contributed by atoms with van der Waals surface area (Å²) in [6.45, 7) is 9.58. The first-order chi connectivity index (χ1) is 6.79. The molecule has 0 saturated carbocycles. The minimum Gasteiger partial charge on any atom is -0.465 e. The average molecular weight is 216 g/mol. The predicted molar refractivity (Wildman–Crippen MR) is 61.6 cm³/mol. The zero-order chi connectivity index (χ0) is 12.1. The van der Waals surface area contributed by atoms with Crippen molar-refractivity contribution in [2.75, 3.05) is 26.7 Å². The maximum Gasteiger partial charge on any atom is 0.327 e. The topological polar surface area (TPSA) is 55.6 Å². The van der Waals surface area contributed by atoms with Crippen LogP contribution < -0.4 is 5.73 Å². The number of rotatable bonds is 6. The standard InChI is InChI=1S/C11H24N2O2/c1-6-15-10(14)11(4,12)8-13(5)7-9(2)3/h9H,6-8,12H2,1-5H3. The van der Waals surface area contributed by atoms with Gasteiger partial charge < -0.3 is 15.4 Å². The van der Waals surface area contributed by atoms with Gasteiger partial charge in [-0.3, -0.25) is 4.79 Å². The number of nitrogens with two attached hydrogens (primary N) is 1. The number of nitrogens with zero attached hydrogens (tertiary/aromatic N) is 1. The van der Waals surface area contributed by atoms with E-state index < -0.39 is 5.54 Å². The molecule has 0 aliphatic carbocycles. The van der Waals surface area contributed by atoms with Gasteiger partial charge in [-0.05, 0) is 26.8 Å². The highest BCUT2D eigenvalue weighted by Crippen LogP contribution is 2.06. The fourth-order valence-corrected chi connectivity index (χ4v) is 1.61. The van der Waals surface area contributed by atoms with Crippen LogP contribution in [0.3, 0.4) is 0 Å². The Hall–Kier alpha value is -0.610. The van der Waals surface area contributed by atoms with Crippen LogP contribution in [0.4, 0.5) is 0 Å². The third kappa shape index (κ3) is 5.74. The zero-order valence-electron chi connectivity index (χ0n) is 10.5. The van der Waals surface area contributed by atoms with E-state index in [-0.39, 0.29) is 5.97 Å². The van der Waals surface area contributed by atoms with Crippen LogP contribution in [0.1, 0.15) is 27.7 Å². The SMILES string of the molecule is CCOC(=O)C(C)(N)CN(C)CC(C)C. The average Bonchev–Trinajstić information content (AvgIpc) is 2.01. The van der Waals surface area contributed by atoms with Crippen molar-refractivity contribution in [3.63, 3.8) is 0 Å². The van der Waals surface area contributed by atoms with Crippen molar-refractivity contribution < 1.29 is 9.53 Å². The first-order valence-electron chi connectivity index (χ1n) is 5.44. The molecule has 0 fully saturated rings. The highest BCUT2D eigenvalue weighted by molar-refractivity contribution is 5.80. The first-order valence-corrected chi connectivity index (χ1v) is 5.44. The second-order valence-corrected chi connectivity index (χ2v) is 4.73. The van der Waals surface area contributed by atoms with Crippen LogP contribution in [-0.2, 0) is 9.53 Å². The largest absolute Gasteiger partial charge is 0.465 e. The summed E-state index contributed by atoms with van der Waals surface area (Å²) in [6.07, 6.45) is 0. The van der Waals surface area contributed by atoms with E-state index in [1.165, 1.54) is 0 Å². The molecule has 4 heteroatoms. The molecule has 1 unspecified atom stereocenters. The van der Waals surface area contributed by atoms with E-state index in [0.717, 1.165) is 6.54 Å². The zero-order valence-corrected chi connectivity index (χ0v) is 10.5. The molecule has 0 amide bonds. The number of carbonyl (C=O) groups is 1. The Morgan fingerprint density at radius 2 is 2.07 bits per heavy atom.